The highest BCUT2D eigenvalue weighted by Crippen LogP contribution is 2.35. The van der Waals surface area contributed by atoms with E-state index in [0.29, 0.717) is 28.2 Å². The van der Waals surface area contributed by atoms with Crippen LogP contribution in [0.2, 0.25) is 15.1 Å². The van der Waals surface area contributed by atoms with Crippen molar-refractivity contribution in [1.29, 1.82) is 0 Å². The third kappa shape index (κ3) is 4.32. The van der Waals surface area contributed by atoms with Crippen molar-refractivity contribution in [1.82, 2.24) is 10.6 Å². The first-order chi connectivity index (χ1) is 8.43. The topological polar surface area (TPSA) is 41.1 Å². The van der Waals surface area contributed by atoms with Crippen molar-refractivity contribution in [3.05, 3.63) is 32.8 Å². The minimum atomic E-state index is -0.0444. The first-order valence-electron chi connectivity index (χ1n) is 5.54. The Bertz CT molecular complexity index is 438. The summed E-state index contributed by atoms with van der Waals surface area (Å²) in [6.07, 6.45) is 0. The lowest BCUT2D eigenvalue weighted by molar-refractivity contribution is -0.118. The van der Waals surface area contributed by atoms with E-state index >= 15 is 0 Å². The van der Waals surface area contributed by atoms with E-state index in [-0.39, 0.29) is 11.9 Å². The number of carbonyl (C=O) groups is 1. The van der Waals surface area contributed by atoms with Crippen molar-refractivity contribution >= 4 is 40.7 Å². The Hall–Kier alpha value is -0.480. The number of hydrogen-bond acceptors (Lipinski definition) is 2. The zero-order valence-corrected chi connectivity index (χ0v) is 12.5. The molecule has 0 aliphatic rings. The molecule has 0 aliphatic carbocycles. The van der Waals surface area contributed by atoms with Crippen molar-refractivity contribution in [2.75, 3.05) is 13.1 Å². The summed E-state index contributed by atoms with van der Waals surface area (Å²) >= 11 is 18.0. The van der Waals surface area contributed by atoms with Gasteiger partial charge in [-0.3, -0.25) is 4.79 Å². The van der Waals surface area contributed by atoms with Crippen molar-refractivity contribution in [2.45, 2.75) is 19.9 Å². The molecule has 18 heavy (non-hydrogen) atoms. The minimum absolute atomic E-state index is 0.0287. The van der Waals surface area contributed by atoms with Gasteiger partial charge < -0.3 is 10.6 Å². The molecule has 1 rings (SSSR count). The number of nitrogens with one attached hydrogen (secondary N) is 2. The zero-order chi connectivity index (χ0) is 13.7. The molecule has 6 heteroatoms. The van der Waals surface area contributed by atoms with Gasteiger partial charge in [-0.1, -0.05) is 40.9 Å². The molecule has 0 radical (unpaired) electrons. The average molecular weight is 310 g/mol. The van der Waals surface area contributed by atoms with Crippen LogP contribution in [0, 0.1) is 0 Å². The molecular weight excluding hydrogens is 295 g/mol. The number of rotatable bonds is 5. The predicted octanol–water partition coefficient (Wildman–Crippen LogP) is 3.43. The van der Waals surface area contributed by atoms with Gasteiger partial charge in [0.1, 0.15) is 0 Å². The summed E-state index contributed by atoms with van der Waals surface area (Å²) in [5.74, 6) is -0.0444. The number of hydrogen-bond donors (Lipinski definition) is 2. The number of amides is 1. The SMILES string of the molecule is CC(=O)NCCNC(C)c1ccc(Cl)c(Cl)c1Cl. The van der Waals surface area contributed by atoms with Crippen molar-refractivity contribution < 1.29 is 4.79 Å². The maximum atomic E-state index is 10.7. The highest BCUT2D eigenvalue weighted by Gasteiger charge is 2.13. The van der Waals surface area contributed by atoms with Gasteiger partial charge in [0.05, 0.1) is 15.1 Å². The largest absolute Gasteiger partial charge is 0.355 e. The third-order valence-corrected chi connectivity index (χ3v) is 3.79. The Balaban J connectivity index is 2.59. The summed E-state index contributed by atoms with van der Waals surface area (Å²) in [6.45, 7) is 4.68. The fourth-order valence-electron chi connectivity index (χ4n) is 1.51. The van der Waals surface area contributed by atoms with Crippen molar-refractivity contribution in [3.63, 3.8) is 0 Å². The lowest BCUT2D eigenvalue weighted by Crippen LogP contribution is -2.31. The molecule has 1 aromatic carbocycles. The predicted molar refractivity (Wildman–Crippen MR) is 76.6 cm³/mol. The molecule has 0 saturated heterocycles. The molecular formula is C12H15Cl3N2O. The summed E-state index contributed by atoms with van der Waals surface area (Å²) in [5, 5.41) is 7.22. The molecule has 0 heterocycles. The van der Waals surface area contributed by atoms with Crippen LogP contribution in [0.3, 0.4) is 0 Å². The smallest absolute Gasteiger partial charge is 0.216 e. The molecule has 2 N–H and O–H groups in total. The van der Waals surface area contributed by atoms with E-state index in [0.717, 1.165) is 5.56 Å². The van der Waals surface area contributed by atoms with E-state index < -0.39 is 0 Å². The normalized spacial score (nSPS) is 12.3. The molecule has 100 valence electrons. The van der Waals surface area contributed by atoms with E-state index in [2.05, 4.69) is 10.6 Å². The van der Waals surface area contributed by atoms with E-state index in [1.807, 2.05) is 13.0 Å². The maximum absolute atomic E-state index is 10.7. The van der Waals surface area contributed by atoms with Crippen LogP contribution < -0.4 is 10.6 Å². The van der Waals surface area contributed by atoms with Gasteiger partial charge in [0.15, 0.2) is 0 Å². The number of carbonyl (C=O) groups excluding carboxylic acids is 1. The summed E-state index contributed by atoms with van der Waals surface area (Å²) in [7, 11) is 0. The van der Waals surface area contributed by atoms with Gasteiger partial charge in [-0.15, -0.1) is 0 Å². The van der Waals surface area contributed by atoms with Crippen LogP contribution in [-0.4, -0.2) is 19.0 Å². The van der Waals surface area contributed by atoms with Gasteiger partial charge in [0.2, 0.25) is 5.91 Å². The highest BCUT2D eigenvalue weighted by atomic mass is 35.5. The number of halogens is 3. The molecule has 0 spiro atoms. The second-order valence-electron chi connectivity index (χ2n) is 3.92. The van der Waals surface area contributed by atoms with E-state index in [1.165, 1.54) is 6.92 Å². The molecule has 3 nitrogen and oxygen atoms in total. The second-order valence-corrected chi connectivity index (χ2v) is 5.09. The lowest BCUT2D eigenvalue weighted by Gasteiger charge is -2.17. The van der Waals surface area contributed by atoms with E-state index in [4.69, 9.17) is 34.8 Å². The van der Waals surface area contributed by atoms with Crippen LogP contribution in [0.1, 0.15) is 25.5 Å². The zero-order valence-electron chi connectivity index (χ0n) is 10.2. The molecule has 1 atom stereocenters. The maximum Gasteiger partial charge on any atom is 0.216 e. The number of benzene rings is 1. The Morgan fingerprint density at radius 1 is 1.22 bits per heavy atom. The van der Waals surface area contributed by atoms with Gasteiger partial charge >= 0.3 is 0 Å². The lowest BCUT2D eigenvalue weighted by atomic mass is 10.1. The van der Waals surface area contributed by atoms with Crippen LogP contribution in [0.15, 0.2) is 12.1 Å². The molecule has 1 aromatic rings. The molecule has 0 saturated carbocycles. The summed E-state index contributed by atoms with van der Waals surface area (Å²) in [6, 6.07) is 3.59. The highest BCUT2D eigenvalue weighted by molar-refractivity contribution is 6.48. The van der Waals surface area contributed by atoms with Crippen LogP contribution in [0.4, 0.5) is 0 Å². The van der Waals surface area contributed by atoms with E-state index in [1.54, 1.807) is 6.07 Å². The van der Waals surface area contributed by atoms with Gasteiger partial charge in [-0.25, -0.2) is 0 Å². The first kappa shape index (κ1) is 15.6. The molecule has 0 aliphatic heterocycles. The standard InChI is InChI=1S/C12H15Cl3N2O/c1-7(16-5-6-17-8(2)18)9-3-4-10(13)12(15)11(9)14/h3-4,7,16H,5-6H2,1-2H3,(H,17,18). The van der Waals surface area contributed by atoms with Crippen molar-refractivity contribution in [2.24, 2.45) is 0 Å². The van der Waals surface area contributed by atoms with Gasteiger partial charge in [-0.05, 0) is 18.6 Å². The fourth-order valence-corrected chi connectivity index (χ4v) is 2.22. The van der Waals surface area contributed by atoms with Gasteiger partial charge in [0.25, 0.3) is 0 Å². The van der Waals surface area contributed by atoms with Gasteiger partial charge in [-0.2, -0.15) is 0 Å². The van der Waals surface area contributed by atoms with Crippen molar-refractivity contribution in [3.8, 4) is 0 Å². The Kier molecular flexibility index (Phi) is 6.22. The molecule has 0 fully saturated rings. The molecule has 0 bridgehead atoms. The molecule has 1 amide bonds. The monoisotopic (exact) mass is 308 g/mol. The quantitative estimate of drug-likeness (QED) is 0.646. The third-order valence-electron chi connectivity index (χ3n) is 2.48. The Morgan fingerprint density at radius 3 is 2.50 bits per heavy atom. The Morgan fingerprint density at radius 2 is 1.89 bits per heavy atom. The van der Waals surface area contributed by atoms with Crippen LogP contribution in [0.5, 0.6) is 0 Å². The second kappa shape index (κ2) is 7.19. The summed E-state index contributed by atoms with van der Waals surface area (Å²) in [4.78, 5) is 10.7. The molecule has 0 aromatic heterocycles. The average Bonchev–Trinajstić information content (AvgIpc) is 2.31. The van der Waals surface area contributed by atoms with Gasteiger partial charge in [0, 0.05) is 26.1 Å². The summed E-state index contributed by atoms with van der Waals surface area (Å²) < 4.78 is 0. The minimum Gasteiger partial charge on any atom is -0.355 e. The molecule has 1 unspecified atom stereocenters. The van der Waals surface area contributed by atoms with Crippen LogP contribution >= 0.6 is 34.8 Å². The summed E-state index contributed by atoms with van der Waals surface area (Å²) in [5.41, 5.74) is 0.883. The van der Waals surface area contributed by atoms with Crippen LogP contribution in [0.25, 0.3) is 0 Å². The van der Waals surface area contributed by atoms with Crippen LogP contribution in [-0.2, 0) is 4.79 Å². The Labute approximate surface area is 122 Å². The first-order valence-corrected chi connectivity index (χ1v) is 6.68. The fraction of sp³-hybridized carbons (Fsp3) is 0.417. The van der Waals surface area contributed by atoms with E-state index in [9.17, 15) is 4.79 Å².